The molecule has 0 aromatic heterocycles. The third-order valence-electron chi connectivity index (χ3n) is 6.28. The van der Waals surface area contributed by atoms with Crippen LogP contribution in [0.25, 0.3) is 11.1 Å². The standard InChI is InChI=1S/C22H20FN3O3/c23-20-13(10-24)2-1-3-15(20)12-4-6-18-16(8-12)22(11-28-21(25)26-22)17-9-14(27)5-7-19(17)29-18/h1-4,6,8,14,17,19,27H,5,7,9,11H2,(H2,25,26). The number of amidine groups is 1. The van der Waals surface area contributed by atoms with Gasteiger partial charge in [0.2, 0.25) is 0 Å². The van der Waals surface area contributed by atoms with E-state index in [0.717, 1.165) is 12.0 Å². The predicted molar refractivity (Wildman–Crippen MR) is 104 cm³/mol. The van der Waals surface area contributed by atoms with Gasteiger partial charge in [-0.25, -0.2) is 9.38 Å². The van der Waals surface area contributed by atoms with Crippen LogP contribution >= 0.6 is 0 Å². The van der Waals surface area contributed by atoms with E-state index in [9.17, 15) is 9.50 Å². The Kier molecular flexibility index (Phi) is 4.00. The van der Waals surface area contributed by atoms with E-state index in [1.807, 2.05) is 18.2 Å². The predicted octanol–water partition coefficient (Wildman–Crippen LogP) is 2.83. The zero-order valence-corrected chi connectivity index (χ0v) is 15.6. The normalized spacial score (nSPS) is 29.8. The van der Waals surface area contributed by atoms with Gasteiger partial charge in [-0.05, 0) is 43.0 Å². The summed E-state index contributed by atoms with van der Waals surface area (Å²) in [4.78, 5) is 4.67. The Morgan fingerprint density at radius 3 is 2.90 bits per heavy atom. The molecule has 3 aliphatic rings. The molecule has 2 aliphatic heterocycles. The summed E-state index contributed by atoms with van der Waals surface area (Å²) in [5.41, 5.74) is 6.84. The Morgan fingerprint density at radius 1 is 1.28 bits per heavy atom. The molecule has 148 valence electrons. The molecule has 0 amide bonds. The molecule has 3 N–H and O–H groups in total. The van der Waals surface area contributed by atoms with Gasteiger partial charge in [0.15, 0.2) is 0 Å². The van der Waals surface area contributed by atoms with Gasteiger partial charge in [0.05, 0.1) is 11.7 Å². The van der Waals surface area contributed by atoms with E-state index < -0.39 is 17.5 Å². The van der Waals surface area contributed by atoms with Crippen LogP contribution in [0.4, 0.5) is 4.39 Å². The lowest BCUT2D eigenvalue weighted by Gasteiger charge is -2.47. The van der Waals surface area contributed by atoms with Crippen LogP contribution in [0.5, 0.6) is 5.75 Å². The van der Waals surface area contributed by atoms with Crippen LogP contribution < -0.4 is 10.5 Å². The number of aliphatic hydroxyl groups excluding tert-OH is 1. The highest BCUT2D eigenvalue weighted by molar-refractivity contribution is 5.76. The lowest BCUT2D eigenvalue weighted by molar-refractivity contribution is -0.0359. The highest BCUT2D eigenvalue weighted by atomic mass is 19.1. The second kappa shape index (κ2) is 6.46. The molecule has 1 spiro atoms. The number of benzene rings is 2. The van der Waals surface area contributed by atoms with Crippen molar-refractivity contribution in [1.29, 1.82) is 5.26 Å². The first kappa shape index (κ1) is 18.0. The Morgan fingerprint density at radius 2 is 2.14 bits per heavy atom. The average molecular weight is 393 g/mol. The molecule has 6 nitrogen and oxygen atoms in total. The van der Waals surface area contributed by atoms with Crippen molar-refractivity contribution in [3.05, 3.63) is 53.3 Å². The van der Waals surface area contributed by atoms with Crippen molar-refractivity contribution in [2.75, 3.05) is 6.61 Å². The molecule has 2 aromatic rings. The van der Waals surface area contributed by atoms with Crippen LogP contribution in [-0.2, 0) is 10.3 Å². The number of hydrogen-bond acceptors (Lipinski definition) is 6. The maximum atomic E-state index is 14.8. The summed E-state index contributed by atoms with van der Waals surface area (Å²) in [5.74, 6) is 0.0213. The van der Waals surface area contributed by atoms with E-state index in [1.54, 1.807) is 18.2 Å². The monoisotopic (exact) mass is 393 g/mol. The minimum Gasteiger partial charge on any atom is -0.490 e. The summed E-state index contributed by atoms with van der Waals surface area (Å²) < 4.78 is 26.6. The van der Waals surface area contributed by atoms with Crippen LogP contribution in [0.15, 0.2) is 41.4 Å². The van der Waals surface area contributed by atoms with Crippen molar-refractivity contribution in [3.63, 3.8) is 0 Å². The maximum absolute atomic E-state index is 14.8. The lowest BCUT2D eigenvalue weighted by Crippen LogP contribution is -2.51. The first-order valence-electron chi connectivity index (χ1n) is 9.68. The Hall–Kier alpha value is -3.11. The van der Waals surface area contributed by atoms with E-state index in [-0.39, 0.29) is 30.2 Å². The van der Waals surface area contributed by atoms with Gasteiger partial charge in [0, 0.05) is 17.0 Å². The second-order valence-electron chi connectivity index (χ2n) is 7.88. The topological polar surface area (TPSA) is 101 Å². The summed E-state index contributed by atoms with van der Waals surface area (Å²) in [7, 11) is 0. The van der Waals surface area contributed by atoms with Crippen LogP contribution in [0.3, 0.4) is 0 Å². The number of fused-ring (bicyclic) bond motifs is 4. The van der Waals surface area contributed by atoms with Gasteiger partial charge in [-0.15, -0.1) is 0 Å². The number of nitrogens with two attached hydrogens (primary N) is 1. The zero-order chi connectivity index (χ0) is 20.2. The highest BCUT2D eigenvalue weighted by Crippen LogP contribution is 2.53. The molecule has 0 saturated heterocycles. The number of rotatable bonds is 1. The fraction of sp³-hybridized carbons (Fsp3) is 0.364. The smallest absolute Gasteiger partial charge is 0.283 e. The molecule has 4 unspecified atom stereocenters. The molecular weight excluding hydrogens is 373 g/mol. The average Bonchev–Trinajstić information content (AvgIpc) is 3.11. The lowest BCUT2D eigenvalue weighted by atomic mass is 9.67. The molecule has 4 atom stereocenters. The van der Waals surface area contributed by atoms with Gasteiger partial charge >= 0.3 is 0 Å². The van der Waals surface area contributed by atoms with Crippen LogP contribution in [-0.4, -0.2) is 29.9 Å². The molecule has 0 radical (unpaired) electrons. The third kappa shape index (κ3) is 2.67. The van der Waals surface area contributed by atoms with Gasteiger partial charge in [0.25, 0.3) is 6.02 Å². The molecule has 1 fully saturated rings. The molecule has 2 heterocycles. The van der Waals surface area contributed by atoms with Gasteiger partial charge < -0.3 is 20.3 Å². The largest absolute Gasteiger partial charge is 0.490 e. The number of nitriles is 1. The van der Waals surface area contributed by atoms with Crippen molar-refractivity contribution >= 4 is 6.02 Å². The Bertz CT molecular complexity index is 1060. The fourth-order valence-corrected chi connectivity index (χ4v) is 4.88. The summed E-state index contributed by atoms with van der Waals surface area (Å²) >= 11 is 0. The summed E-state index contributed by atoms with van der Waals surface area (Å²) in [6, 6.07) is 12.2. The summed E-state index contributed by atoms with van der Waals surface area (Å²) in [6.45, 7) is 0.257. The van der Waals surface area contributed by atoms with E-state index in [1.165, 1.54) is 6.07 Å². The third-order valence-corrected chi connectivity index (χ3v) is 6.28. The van der Waals surface area contributed by atoms with Crippen molar-refractivity contribution < 1.29 is 19.0 Å². The summed E-state index contributed by atoms with van der Waals surface area (Å²) in [5, 5.41) is 19.4. The number of halogens is 1. The van der Waals surface area contributed by atoms with E-state index in [4.69, 9.17) is 20.5 Å². The maximum Gasteiger partial charge on any atom is 0.283 e. The number of aliphatic imine (C=N–C) groups is 1. The quantitative estimate of drug-likeness (QED) is 0.776. The van der Waals surface area contributed by atoms with Crippen molar-refractivity contribution in [3.8, 4) is 22.9 Å². The second-order valence-corrected chi connectivity index (χ2v) is 7.88. The van der Waals surface area contributed by atoms with Gasteiger partial charge in [-0.3, -0.25) is 0 Å². The molecule has 1 saturated carbocycles. The van der Waals surface area contributed by atoms with Gasteiger partial charge in [-0.2, -0.15) is 5.26 Å². The van der Waals surface area contributed by atoms with Crippen molar-refractivity contribution in [1.82, 2.24) is 0 Å². The molecule has 1 aliphatic carbocycles. The molecule has 7 heteroatoms. The van der Waals surface area contributed by atoms with Gasteiger partial charge in [0.1, 0.15) is 35.9 Å². The van der Waals surface area contributed by atoms with Crippen LogP contribution in [0, 0.1) is 23.1 Å². The van der Waals surface area contributed by atoms with E-state index in [2.05, 4.69) is 4.99 Å². The first-order valence-corrected chi connectivity index (χ1v) is 9.68. The number of hydrogen-bond donors (Lipinski definition) is 2. The molecule has 0 bridgehead atoms. The molecule has 2 aromatic carbocycles. The van der Waals surface area contributed by atoms with E-state index in [0.29, 0.717) is 29.7 Å². The Balaban J connectivity index is 1.68. The molecule has 29 heavy (non-hydrogen) atoms. The van der Waals surface area contributed by atoms with Crippen LogP contribution in [0.1, 0.15) is 30.4 Å². The number of aliphatic hydroxyl groups is 1. The van der Waals surface area contributed by atoms with E-state index >= 15 is 0 Å². The SMILES string of the molecule is N#Cc1cccc(-c2ccc3c(c2)C2(COC(N)=N2)C2CC(O)CCC2O3)c1F. The number of nitrogens with zero attached hydrogens (tertiary/aromatic N) is 2. The highest BCUT2D eigenvalue weighted by Gasteiger charge is 2.55. The van der Waals surface area contributed by atoms with Crippen LogP contribution in [0.2, 0.25) is 0 Å². The van der Waals surface area contributed by atoms with Crippen molar-refractivity contribution in [2.45, 2.75) is 37.0 Å². The summed E-state index contributed by atoms with van der Waals surface area (Å²) in [6.07, 6.45) is 1.42. The van der Waals surface area contributed by atoms with Gasteiger partial charge in [-0.1, -0.05) is 18.2 Å². The molecule has 5 rings (SSSR count). The van der Waals surface area contributed by atoms with Crippen molar-refractivity contribution in [2.24, 2.45) is 16.6 Å². The number of ether oxygens (including phenoxy) is 2. The first-order chi connectivity index (χ1) is 14.0. The minimum atomic E-state index is -0.775. The fourth-order valence-electron chi connectivity index (χ4n) is 4.88. The zero-order valence-electron chi connectivity index (χ0n) is 15.6. The molecular formula is C22H20FN3O3. The Labute approximate surface area is 167 Å². The minimum absolute atomic E-state index is 0.00637.